The van der Waals surface area contributed by atoms with Gasteiger partial charge in [-0.1, -0.05) is 59.7 Å². The second-order valence-corrected chi connectivity index (χ2v) is 10.0. The summed E-state index contributed by atoms with van der Waals surface area (Å²) in [7, 11) is 0. The van der Waals surface area contributed by atoms with Crippen LogP contribution in [0.25, 0.3) is 5.69 Å². The van der Waals surface area contributed by atoms with Gasteiger partial charge in [0, 0.05) is 17.9 Å². The number of rotatable bonds is 5. The summed E-state index contributed by atoms with van der Waals surface area (Å²) in [4.78, 5) is 31.1. The largest absolute Gasteiger partial charge is 0.322 e. The normalized spacial score (nSPS) is 16.1. The van der Waals surface area contributed by atoms with Crippen molar-refractivity contribution in [2.24, 2.45) is 0 Å². The van der Waals surface area contributed by atoms with E-state index < -0.39 is 0 Å². The summed E-state index contributed by atoms with van der Waals surface area (Å²) in [6.45, 7) is 4.09. The van der Waals surface area contributed by atoms with Crippen LogP contribution in [0.3, 0.4) is 0 Å². The molecule has 1 aliphatic heterocycles. The van der Waals surface area contributed by atoms with E-state index in [0.29, 0.717) is 0 Å². The van der Waals surface area contributed by atoms with Crippen LogP contribution < -0.4 is 10.2 Å². The molecule has 6 rings (SSSR count). The van der Waals surface area contributed by atoms with Crippen molar-refractivity contribution in [2.45, 2.75) is 38.8 Å². The second kappa shape index (κ2) is 9.28. The molecule has 2 heterocycles. The highest BCUT2D eigenvalue weighted by molar-refractivity contribution is 6.01. The van der Waals surface area contributed by atoms with Crippen LogP contribution in [-0.4, -0.2) is 34.0 Å². The van der Waals surface area contributed by atoms with E-state index in [9.17, 15) is 9.59 Å². The molecule has 1 fully saturated rings. The lowest BCUT2D eigenvalue weighted by Gasteiger charge is -2.39. The first-order valence-electron chi connectivity index (χ1n) is 12.8. The van der Waals surface area contributed by atoms with Crippen molar-refractivity contribution >= 4 is 23.3 Å². The highest BCUT2D eigenvalue weighted by Gasteiger charge is 2.40. The molecule has 1 saturated carbocycles. The zero-order valence-electron chi connectivity index (χ0n) is 21.1. The maximum atomic E-state index is 14.2. The van der Waals surface area contributed by atoms with Gasteiger partial charge < -0.3 is 14.8 Å². The number of benzene rings is 3. The van der Waals surface area contributed by atoms with Gasteiger partial charge in [0.15, 0.2) is 0 Å². The number of hydrogen-bond acceptors (Lipinski definition) is 2. The zero-order valence-corrected chi connectivity index (χ0v) is 21.1. The van der Waals surface area contributed by atoms with E-state index in [4.69, 9.17) is 0 Å². The molecule has 1 unspecified atom stereocenters. The number of hydrogen-bond donors (Lipinski definition) is 1. The van der Waals surface area contributed by atoms with Crippen molar-refractivity contribution in [3.63, 3.8) is 0 Å². The molecule has 6 heteroatoms. The molecular weight excluding hydrogens is 460 g/mol. The lowest BCUT2D eigenvalue weighted by atomic mass is 9.96. The summed E-state index contributed by atoms with van der Waals surface area (Å²) in [6.07, 6.45) is 3.87. The Labute approximate surface area is 217 Å². The van der Waals surface area contributed by atoms with Crippen LogP contribution in [0, 0.1) is 13.8 Å². The van der Waals surface area contributed by atoms with Gasteiger partial charge in [-0.2, -0.15) is 0 Å². The van der Waals surface area contributed by atoms with E-state index in [1.165, 1.54) is 0 Å². The van der Waals surface area contributed by atoms with Crippen molar-refractivity contribution in [1.82, 2.24) is 9.47 Å². The Balaban J connectivity index is 1.36. The molecule has 186 valence electrons. The van der Waals surface area contributed by atoms with Gasteiger partial charge in [-0.25, -0.2) is 4.79 Å². The van der Waals surface area contributed by atoms with Crippen LogP contribution in [0.4, 0.5) is 16.2 Å². The second-order valence-electron chi connectivity index (χ2n) is 10.0. The van der Waals surface area contributed by atoms with Crippen molar-refractivity contribution in [1.29, 1.82) is 0 Å². The number of nitrogens with zero attached hydrogens (tertiary/aromatic N) is 3. The Morgan fingerprint density at radius 2 is 1.62 bits per heavy atom. The summed E-state index contributed by atoms with van der Waals surface area (Å²) in [5.41, 5.74) is 6.87. The Morgan fingerprint density at radius 3 is 2.35 bits per heavy atom. The standard InChI is InChI=1S/C31H30N4O2/c1-21-12-14-24(15-13-21)32-31(37)34(25-16-17-25)20-29(36)35-27-10-4-3-9-26(27)33-18-6-11-28(33)30(35)23-8-5-7-22(2)19-23/h3-15,18-19,25,30H,16-17,20H2,1-2H3,(H,32,37). The lowest BCUT2D eigenvalue weighted by molar-refractivity contribution is -0.119. The van der Waals surface area contributed by atoms with Gasteiger partial charge in [-0.05, 0) is 68.7 Å². The van der Waals surface area contributed by atoms with Crippen LogP contribution in [0.2, 0.25) is 0 Å². The predicted octanol–water partition coefficient (Wildman–Crippen LogP) is 6.23. The molecule has 1 atom stereocenters. The smallest absolute Gasteiger partial charge is 0.316 e. The van der Waals surface area contributed by atoms with Gasteiger partial charge in [-0.15, -0.1) is 0 Å². The minimum Gasteiger partial charge on any atom is -0.316 e. The highest BCUT2D eigenvalue weighted by atomic mass is 16.2. The van der Waals surface area contributed by atoms with Gasteiger partial charge >= 0.3 is 6.03 Å². The molecule has 1 aromatic heterocycles. The summed E-state index contributed by atoms with van der Waals surface area (Å²) in [5.74, 6) is -0.0997. The number of amides is 3. The zero-order chi connectivity index (χ0) is 25.5. The SMILES string of the molecule is Cc1ccc(NC(=O)N(CC(=O)N2c3ccccc3-n3cccc3C2c2cccc(C)c2)C2CC2)cc1. The fraction of sp³-hybridized carbons (Fsp3) is 0.226. The number of nitrogens with one attached hydrogen (secondary N) is 1. The summed E-state index contributed by atoms with van der Waals surface area (Å²) >= 11 is 0. The number of aromatic nitrogens is 1. The molecule has 0 saturated heterocycles. The van der Waals surface area contributed by atoms with Crippen LogP contribution in [0.15, 0.2) is 91.1 Å². The molecule has 0 radical (unpaired) electrons. The van der Waals surface area contributed by atoms with Crippen molar-refractivity contribution in [2.75, 3.05) is 16.8 Å². The highest BCUT2D eigenvalue weighted by Crippen LogP contribution is 2.42. The van der Waals surface area contributed by atoms with E-state index >= 15 is 0 Å². The molecule has 1 N–H and O–H groups in total. The molecule has 37 heavy (non-hydrogen) atoms. The van der Waals surface area contributed by atoms with Gasteiger partial charge in [-0.3, -0.25) is 9.69 Å². The number of anilines is 2. The molecule has 3 amide bonds. The van der Waals surface area contributed by atoms with Gasteiger partial charge in [0.25, 0.3) is 0 Å². The average Bonchev–Trinajstić information content (AvgIpc) is 3.62. The first-order valence-corrected chi connectivity index (χ1v) is 12.8. The molecule has 3 aromatic carbocycles. The summed E-state index contributed by atoms with van der Waals surface area (Å²) < 4.78 is 2.16. The Kier molecular flexibility index (Phi) is 5.80. The number of para-hydroxylation sites is 2. The maximum absolute atomic E-state index is 14.2. The quantitative estimate of drug-likeness (QED) is 0.361. The van der Waals surface area contributed by atoms with Gasteiger partial charge in [0.05, 0.1) is 17.1 Å². The molecular formula is C31H30N4O2. The number of aryl methyl sites for hydroxylation is 2. The molecule has 2 aliphatic rings. The van der Waals surface area contributed by atoms with E-state index in [0.717, 1.165) is 52.3 Å². The van der Waals surface area contributed by atoms with Crippen molar-refractivity contribution < 1.29 is 9.59 Å². The topological polar surface area (TPSA) is 57.6 Å². The average molecular weight is 491 g/mol. The fourth-order valence-electron chi connectivity index (χ4n) is 5.22. The number of carbonyl (C=O) groups is 2. The molecule has 4 aromatic rings. The number of carbonyl (C=O) groups excluding carboxylic acids is 2. The van der Waals surface area contributed by atoms with E-state index in [1.807, 2.05) is 78.7 Å². The van der Waals surface area contributed by atoms with E-state index in [2.05, 4.69) is 41.1 Å². The first-order chi connectivity index (χ1) is 18.0. The fourth-order valence-corrected chi connectivity index (χ4v) is 5.22. The van der Waals surface area contributed by atoms with Crippen LogP contribution in [0.1, 0.15) is 41.3 Å². The molecule has 6 nitrogen and oxygen atoms in total. The third kappa shape index (κ3) is 4.40. The minimum atomic E-state index is -0.293. The van der Waals surface area contributed by atoms with Crippen molar-refractivity contribution in [3.8, 4) is 5.69 Å². The van der Waals surface area contributed by atoms with E-state index in [-0.39, 0.29) is 30.6 Å². The van der Waals surface area contributed by atoms with Crippen molar-refractivity contribution in [3.05, 3.63) is 114 Å². The first kappa shape index (κ1) is 23.1. The molecule has 0 bridgehead atoms. The molecule has 0 spiro atoms. The van der Waals surface area contributed by atoms with Crippen LogP contribution in [0.5, 0.6) is 0 Å². The molecule has 1 aliphatic carbocycles. The third-order valence-electron chi connectivity index (χ3n) is 7.20. The predicted molar refractivity (Wildman–Crippen MR) is 146 cm³/mol. The maximum Gasteiger partial charge on any atom is 0.322 e. The lowest BCUT2D eigenvalue weighted by Crippen LogP contribution is -2.48. The summed E-state index contributed by atoms with van der Waals surface area (Å²) in [6, 6.07) is 27.7. The Morgan fingerprint density at radius 1 is 0.865 bits per heavy atom. The Bertz CT molecular complexity index is 1470. The number of fused-ring (bicyclic) bond motifs is 3. The van der Waals surface area contributed by atoms with Crippen LogP contribution in [-0.2, 0) is 4.79 Å². The Hall–Kier alpha value is -4.32. The minimum absolute atomic E-state index is 0.0136. The van der Waals surface area contributed by atoms with Gasteiger partial charge in [0.2, 0.25) is 5.91 Å². The van der Waals surface area contributed by atoms with Crippen LogP contribution >= 0.6 is 0 Å². The monoisotopic (exact) mass is 490 g/mol. The third-order valence-corrected chi connectivity index (χ3v) is 7.20. The summed E-state index contributed by atoms with van der Waals surface area (Å²) in [5, 5.41) is 2.99. The number of urea groups is 1. The van der Waals surface area contributed by atoms with Gasteiger partial charge in [0.1, 0.15) is 12.6 Å². The van der Waals surface area contributed by atoms with E-state index in [1.54, 1.807) is 4.90 Å².